The van der Waals surface area contributed by atoms with Crippen LogP contribution in [0.5, 0.6) is 0 Å². The van der Waals surface area contributed by atoms with Crippen LogP contribution in [0.4, 0.5) is 5.82 Å². The second-order valence-electron chi connectivity index (χ2n) is 3.99. The van der Waals surface area contributed by atoms with Crippen LogP contribution in [0.25, 0.3) is 0 Å². The molecule has 1 atom stereocenters. The topological polar surface area (TPSA) is 83.1 Å². The molecule has 1 fully saturated rings. The molecule has 1 aliphatic rings. The number of aromatic nitrogens is 1. The number of carbonyl (C=O) groups excluding carboxylic acids is 2. The molecule has 96 valence electrons. The van der Waals surface area contributed by atoms with Crippen molar-refractivity contribution in [3.63, 3.8) is 0 Å². The van der Waals surface area contributed by atoms with Gasteiger partial charge >= 0.3 is 0 Å². The molecule has 0 aromatic carbocycles. The molecular formula is C11H13BrN4O2. The molecule has 2 amide bonds. The number of hydrogen-bond donors (Lipinski definition) is 3. The van der Waals surface area contributed by atoms with E-state index < -0.39 is 6.04 Å². The maximum absolute atomic E-state index is 11.9. The zero-order valence-electron chi connectivity index (χ0n) is 9.79. The predicted octanol–water partition coefficient (Wildman–Crippen LogP) is 0.179. The van der Waals surface area contributed by atoms with Gasteiger partial charge in [0, 0.05) is 11.0 Å². The number of hydrogen-bond acceptors (Lipinski definition) is 4. The SMILES string of the molecule is Cc1nc(NC(=O)C2CNC(=O)CN2)ccc1Br. The lowest BCUT2D eigenvalue weighted by atomic mass is 10.2. The van der Waals surface area contributed by atoms with Crippen molar-refractivity contribution < 1.29 is 9.59 Å². The van der Waals surface area contributed by atoms with E-state index in [1.54, 1.807) is 6.07 Å². The highest BCUT2D eigenvalue weighted by Gasteiger charge is 2.23. The first-order chi connectivity index (χ1) is 8.56. The summed E-state index contributed by atoms with van der Waals surface area (Å²) < 4.78 is 0.892. The Hall–Kier alpha value is -1.47. The summed E-state index contributed by atoms with van der Waals surface area (Å²) in [5.41, 5.74) is 0.803. The summed E-state index contributed by atoms with van der Waals surface area (Å²) in [5.74, 6) is 0.195. The lowest BCUT2D eigenvalue weighted by Crippen LogP contribution is -2.56. The second-order valence-corrected chi connectivity index (χ2v) is 4.84. The number of amides is 2. The fourth-order valence-electron chi connectivity index (χ4n) is 1.58. The Bertz CT molecular complexity index is 482. The van der Waals surface area contributed by atoms with Gasteiger partial charge in [-0.05, 0) is 35.0 Å². The van der Waals surface area contributed by atoms with E-state index in [9.17, 15) is 9.59 Å². The zero-order chi connectivity index (χ0) is 13.1. The molecular weight excluding hydrogens is 300 g/mol. The van der Waals surface area contributed by atoms with Gasteiger partial charge in [-0.15, -0.1) is 0 Å². The van der Waals surface area contributed by atoms with E-state index in [0.29, 0.717) is 12.4 Å². The van der Waals surface area contributed by atoms with E-state index in [-0.39, 0.29) is 18.4 Å². The van der Waals surface area contributed by atoms with E-state index in [2.05, 4.69) is 36.9 Å². The zero-order valence-corrected chi connectivity index (χ0v) is 11.4. The van der Waals surface area contributed by atoms with E-state index >= 15 is 0 Å². The van der Waals surface area contributed by atoms with E-state index in [1.165, 1.54) is 0 Å². The van der Waals surface area contributed by atoms with Crippen LogP contribution < -0.4 is 16.0 Å². The summed E-state index contributed by atoms with van der Waals surface area (Å²) in [6, 6.07) is 3.12. The maximum Gasteiger partial charge on any atom is 0.244 e. The van der Waals surface area contributed by atoms with Crippen molar-refractivity contribution in [1.82, 2.24) is 15.6 Å². The van der Waals surface area contributed by atoms with Gasteiger partial charge in [0.25, 0.3) is 0 Å². The Kier molecular flexibility index (Phi) is 3.93. The first kappa shape index (κ1) is 13.0. The van der Waals surface area contributed by atoms with Gasteiger partial charge in [0.1, 0.15) is 11.9 Å². The molecule has 2 heterocycles. The predicted molar refractivity (Wildman–Crippen MR) is 70.1 cm³/mol. The van der Waals surface area contributed by atoms with Crippen LogP contribution in [0, 0.1) is 6.92 Å². The average Bonchev–Trinajstić information content (AvgIpc) is 2.34. The largest absolute Gasteiger partial charge is 0.353 e. The first-order valence-electron chi connectivity index (χ1n) is 5.50. The summed E-state index contributed by atoms with van der Waals surface area (Å²) in [6.45, 7) is 2.30. The van der Waals surface area contributed by atoms with Crippen LogP contribution in [-0.2, 0) is 9.59 Å². The van der Waals surface area contributed by atoms with Gasteiger partial charge in [0.2, 0.25) is 11.8 Å². The normalized spacial score (nSPS) is 19.2. The van der Waals surface area contributed by atoms with Crippen LogP contribution in [0.15, 0.2) is 16.6 Å². The van der Waals surface area contributed by atoms with Gasteiger partial charge in [-0.25, -0.2) is 4.98 Å². The molecule has 2 rings (SSSR count). The molecule has 0 aliphatic carbocycles. The van der Waals surface area contributed by atoms with Crippen molar-refractivity contribution in [2.75, 3.05) is 18.4 Å². The van der Waals surface area contributed by atoms with Crippen molar-refractivity contribution >= 4 is 33.6 Å². The molecule has 7 heteroatoms. The maximum atomic E-state index is 11.9. The Labute approximate surface area is 113 Å². The van der Waals surface area contributed by atoms with Crippen molar-refractivity contribution in [3.05, 3.63) is 22.3 Å². The summed E-state index contributed by atoms with van der Waals surface area (Å²) in [4.78, 5) is 27.1. The third-order valence-corrected chi connectivity index (χ3v) is 3.44. The minimum absolute atomic E-state index is 0.100. The van der Waals surface area contributed by atoms with Crippen molar-refractivity contribution in [2.45, 2.75) is 13.0 Å². The number of carbonyl (C=O) groups is 2. The fraction of sp³-hybridized carbons (Fsp3) is 0.364. The van der Waals surface area contributed by atoms with Crippen LogP contribution in [0.2, 0.25) is 0 Å². The Morgan fingerprint density at radius 3 is 2.94 bits per heavy atom. The Balaban J connectivity index is 1.98. The first-order valence-corrected chi connectivity index (χ1v) is 6.29. The van der Waals surface area contributed by atoms with Gasteiger partial charge in [0.05, 0.1) is 12.2 Å². The highest BCUT2D eigenvalue weighted by Crippen LogP contribution is 2.16. The van der Waals surface area contributed by atoms with Gasteiger partial charge in [-0.2, -0.15) is 0 Å². The van der Waals surface area contributed by atoms with Crippen LogP contribution in [0.3, 0.4) is 0 Å². The van der Waals surface area contributed by atoms with Crippen molar-refractivity contribution in [3.8, 4) is 0 Å². The lowest BCUT2D eigenvalue weighted by molar-refractivity contribution is -0.124. The van der Waals surface area contributed by atoms with E-state index in [0.717, 1.165) is 10.2 Å². The lowest BCUT2D eigenvalue weighted by Gasteiger charge is -2.22. The molecule has 1 aromatic rings. The minimum Gasteiger partial charge on any atom is -0.353 e. The van der Waals surface area contributed by atoms with Crippen LogP contribution in [-0.4, -0.2) is 35.9 Å². The molecule has 3 N–H and O–H groups in total. The summed E-state index contributed by atoms with van der Waals surface area (Å²) in [6.07, 6.45) is 0. The molecule has 18 heavy (non-hydrogen) atoms. The molecule has 1 aromatic heterocycles. The molecule has 6 nitrogen and oxygen atoms in total. The van der Waals surface area contributed by atoms with Crippen molar-refractivity contribution in [2.24, 2.45) is 0 Å². The average molecular weight is 313 g/mol. The molecule has 0 bridgehead atoms. The number of nitrogens with one attached hydrogen (secondary N) is 3. The quantitative estimate of drug-likeness (QED) is 0.727. The fourth-order valence-corrected chi connectivity index (χ4v) is 1.80. The standard InChI is InChI=1S/C11H13BrN4O2/c1-6-7(12)2-3-9(15-6)16-11(18)8-4-14-10(17)5-13-8/h2-3,8,13H,4-5H2,1H3,(H,14,17)(H,15,16,18). The van der Waals surface area contributed by atoms with Crippen LogP contribution >= 0.6 is 15.9 Å². The summed E-state index contributed by atoms with van der Waals surface area (Å²) >= 11 is 3.34. The third-order valence-electron chi connectivity index (χ3n) is 2.60. The summed E-state index contributed by atoms with van der Waals surface area (Å²) in [7, 11) is 0. The van der Waals surface area contributed by atoms with E-state index in [4.69, 9.17) is 0 Å². The highest BCUT2D eigenvalue weighted by atomic mass is 79.9. The molecule has 0 saturated carbocycles. The van der Waals surface area contributed by atoms with Gasteiger partial charge in [-0.1, -0.05) is 0 Å². The molecule has 1 unspecified atom stereocenters. The summed E-state index contributed by atoms with van der Waals surface area (Å²) in [5, 5.41) is 8.19. The Morgan fingerprint density at radius 1 is 1.56 bits per heavy atom. The van der Waals surface area contributed by atoms with Crippen LogP contribution in [0.1, 0.15) is 5.69 Å². The number of aryl methyl sites for hydroxylation is 1. The van der Waals surface area contributed by atoms with Gasteiger partial charge < -0.3 is 10.6 Å². The number of nitrogens with zero attached hydrogens (tertiary/aromatic N) is 1. The number of pyridine rings is 1. The van der Waals surface area contributed by atoms with Crippen molar-refractivity contribution in [1.29, 1.82) is 0 Å². The van der Waals surface area contributed by atoms with Gasteiger partial charge in [0.15, 0.2) is 0 Å². The Morgan fingerprint density at radius 2 is 2.33 bits per heavy atom. The molecule has 0 radical (unpaired) electrons. The highest BCUT2D eigenvalue weighted by molar-refractivity contribution is 9.10. The number of rotatable bonds is 2. The van der Waals surface area contributed by atoms with Gasteiger partial charge in [-0.3, -0.25) is 14.9 Å². The molecule has 1 saturated heterocycles. The monoisotopic (exact) mass is 312 g/mol. The number of anilines is 1. The minimum atomic E-state index is -0.423. The molecule has 1 aliphatic heterocycles. The molecule has 0 spiro atoms. The second kappa shape index (κ2) is 5.45. The van der Waals surface area contributed by atoms with E-state index in [1.807, 2.05) is 13.0 Å². The third kappa shape index (κ3) is 3.05. The number of halogens is 1. The number of piperazine rings is 1. The smallest absolute Gasteiger partial charge is 0.244 e.